The summed E-state index contributed by atoms with van der Waals surface area (Å²) in [5.74, 6) is -1.13. The first-order valence-electron chi connectivity index (χ1n) is 9.31. The Morgan fingerprint density at radius 3 is 2.56 bits per heavy atom. The largest absolute Gasteiger partial charge is 0.477 e. The van der Waals surface area contributed by atoms with Crippen LogP contribution in [0.5, 0.6) is 0 Å². The normalized spacial score (nSPS) is 25.1. The predicted octanol–water partition coefficient (Wildman–Crippen LogP) is 2.58. The van der Waals surface area contributed by atoms with Crippen LogP contribution in [0.4, 0.5) is 0 Å². The number of carbonyl (C=O) groups is 2. The van der Waals surface area contributed by atoms with Crippen LogP contribution in [0.2, 0.25) is 0 Å². The second-order valence-corrected chi connectivity index (χ2v) is 7.39. The number of carboxylic acids is 1. The Hall–Kier alpha value is -2.50. The van der Waals surface area contributed by atoms with Gasteiger partial charge in [-0.1, -0.05) is 34.2 Å². The highest BCUT2D eigenvalue weighted by Crippen LogP contribution is 2.54. The Balaban J connectivity index is 0.000000717. The Bertz CT molecular complexity index is 838. The van der Waals surface area contributed by atoms with Gasteiger partial charge in [0.25, 0.3) is 0 Å². The fourth-order valence-electron chi connectivity index (χ4n) is 4.46. The summed E-state index contributed by atoms with van der Waals surface area (Å²) in [4.78, 5) is 27.5. The van der Waals surface area contributed by atoms with Gasteiger partial charge in [-0.05, 0) is 18.8 Å². The van der Waals surface area contributed by atoms with E-state index in [2.05, 4.69) is 9.94 Å². The quantitative estimate of drug-likeness (QED) is 0.512. The number of fused-ring (bicyclic) bond motifs is 3. The van der Waals surface area contributed by atoms with Crippen molar-refractivity contribution in [1.29, 1.82) is 0 Å². The molecule has 2 aliphatic rings. The lowest BCUT2D eigenvalue weighted by molar-refractivity contribution is -0.128. The highest BCUT2D eigenvalue weighted by atomic mass is 16.5. The maximum Gasteiger partial charge on any atom is 0.354 e. The molecule has 1 aromatic rings. The van der Waals surface area contributed by atoms with E-state index in [1.54, 1.807) is 18.6 Å². The molecule has 1 aromatic heterocycles. The zero-order valence-corrected chi connectivity index (χ0v) is 16.6. The van der Waals surface area contributed by atoms with Crippen LogP contribution < -0.4 is 5.48 Å². The summed E-state index contributed by atoms with van der Waals surface area (Å²) in [6, 6.07) is 0. The molecule has 8 heteroatoms. The van der Waals surface area contributed by atoms with Gasteiger partial charge in [-0.2, -0.15) is 5.10 Å². The standard InChI is InChI=1S/C17H19N3O3.CH5NO.CH4/c1-16(2)11-7-6-9-12(15(22)23)20(5)19-13(9)17(11,3)8-10(18-4)14(16)21;1-2-3;/h8,11H,6-7H2,1-3,5H3,(H,22,23);2-3H,1H3;1H4/t11-,17-;;/m0../s1/i;;1T. The van der Waals surface area contributed by atoms with Crippen LogP contribution in [0.15, 0.2) is 11.8 Å². The van der Waals surface area contributed by atoms with E-state index in [1.165, 1.54) is 19.1 Å². The molecule has 0 fully saturated rings. The molecule has 27 heavy (non-hydrogen) atoms. The molecule has 0 unspecified atom stereocenters. The van der Waals surface area contributed by atoms with Gasteiger partial charge in [0.05, 0.1) is 12.3 Å². The Morgan fingerprint density at radius 2 is 2.07 bits per heavy atom. The first-order valence-corrected chi connectivity index (χ1v) is 8.31. The van der Waals surface area contributed by atoms with Crippen molar-refractivity contribution < 1.29 is 21.3 Å². The summed E-state index contributed by atoms with van der Waals surface area (Å²) in [6.07, 6.45) is 2.99. The second-order valence-electron chi connectivity index (χ2n) is 7.39. The third-order valence-electron chi connectivity index (χ3n) is 5.51. The third-order valence-corrected chi connectivity index (χ3v) is 5.51. The summed E-state index contributed by atoms with van der Waals surface area (Å²) in [5, 5.41) is 21.2. The van der Waals surface area contributed by atoms with E-state index in [0.717, 1.165) is 5.56 Å². The SMILES string of the molecule is CNO.[3H]C.[C-]#[N+]C1=C[C@]2(C)c3nn(C)c(C(=O)O)c3CC[C@H]2C(C)(C)C1=O. The maximum absolute atomic E-state index is 12.6. The summed E-state index contributed by atoms with van der Waals surface area (Å²) in [5.41, 5.74) is 2.23. The van der Waals surface area contributed by atoms with Gasteiger partial charge in [-0.15, -0.1) is 0 Å². The first-order chi connectivity index (χ1) is 13.1. The van der Waals surface area contributed by atoms with E-state index in [9.17, 15) is 14.7 Å². The number of carbonyl (C=O) groups excluding carboxylic acids is 1. The lowest BCUT2D eigenvalue weighted by atomic mass is 9.53. The van der Waals surface area contributed by atoms with Crippen LogP contribution in [0.25, 0.3) is 4.85 Å². The average molecular weight is 378 g/mol. The third kappa shape index (κ3) is 3.29. The number of allylic oxidation sites excluding steroid dienone is 2. The summed E-state index contributed by atoms with van der Waals surface area (Å²) >= 11 is 0. The molecule has 2 aliphatic carbocycles. The molecule has 3 N–H and O–H groups in total. The number of rotatable bonds is 1. The maximum atomic E-state index is 12.6. The fourth-order valence-corrected chi connectivity index (χ4v) is 4.46. The number of aryl methyl sites for hydroxylation is 1. The number of hydrogen-bond donors (Lipinski definition) is 3. The van der Waals surface area contributed by atoms with Gasteiger partial charge < -0.3 is 15.1 Å². The second kappa shape index (κ2) is 7.62. The number of nitrogens with zero attached hydrogens (tertiary/aromatic N) is 3. The van der Waals surface area contributed by atoms with Crippen molar-refractivity contribution in [1.82, 2.24) is 15.3 Å². The van der Waals surface area contributed by atoms with Gasteiger partial charge in [0.15, 0.2) is 5.78 Å². The summed E-state index contributed by atoms with van der Waals surface area (Å²) in [7, 11) is 4.30. The monoisotopic (exact) mass is 378 g/mol. The molecule has 2 atom stereocenters. The van der Waals surface area contributed by atoms with Crippen LogP contribution >= 0.6 is 0 Å². The van der Waals surface area contributed by atoms with Crippen molar-refractivity contribution in [2.24, 2.45) is 18.4 Å². The highest BCUT2D eigenvalue weighted by Gasteiger charge is 2.55. The Kier molecular flexibility index (Phi) is 5.88. The smallest absolute Gasteiger partial charge is 0.354 e. The number of aromatic carboxylic acids is 1. The van der Waals surface area contributed by atoms with Crippen LogP contribution in [0, 0.1) is 17.9 Å². The minimum absolute atomic E-state index is 0.00274. The highest BCUT2D eigenvalue weighted by molar-refractivity contribution is 6.02. The molecule has 0 saturated carbocycles. The van der Waals surface area contributed by atoms with E-state index in [0.29, 0.717) is 18.5 Å². The van der Waals surface area contributed by atoms with Crippen molar-refractivity contribution in [2.75, 3.05) is 7.05 Å². The molecule has 0 aliphatic heterocycles. The molecule has 0 aromatic carbocycles. The molecule has 0 amide bonds. The topological polar surface area (TPSA) is 109 Å². The molecule has 0 radical (unpaired) electrons. The molecular weight excluding hydrogens is 348 g/mol. The van der Waals surface area contributed by atoms with Gasteiger partial charge in [0.1, 0.15) is 5.69 Å². The number of nitrogens with one attached hydrogen (secondary N) is 1. The number of Topliss-reactive ketones (excluding diaryl/α,β-unsaturated/α-hetero) is 1. The van der Waals surface area contributed by atoms with Crippen molar-refractivity contribution >= 4 is 11.8 Å². The molecule has 148 valence electrons. The van der Waals surface area contributed by atoms with Crippen molar-refractivity contribution in [3.05, 3.63) is 40.1 Å². The van der Waals surface area contributed by atoms with Gasteiger partial charge in [0.2, 0.25) is 5.70 Å². The lowest BCUT2D eigenvalue weighted by Crippen LogP contribution is -2.51. The zero-order valence-electron chi connectivity index (χ0n) is 17.6. The molecule has 0 saturated heterocycles. The van der Waals surface area contributed by atoms with E-state index in [4.69, 9.17) is 13.2 Å². The zero-order chi connectivity index (χ0) is 21.9. The van der Waals surface area contributed by atoms with Crippen LogP contribution in [-0.4, -0.2) is 38.9 Å². The number of ketones is 1. The van der Waals surface area contributed by atoms with Crippen LogP contribution in [0.1, 0.15) is 57.7 Å². The number of aromatic nitrogens is 2. The van der Waals surface area contributed by atoms with E-state index >= 15 is 0 Å². The van der Waals surface area contributed by atoms with Crippen molar-refractivity contribution in [3.8, 4) is 0 Å². The summed E-state index contributed by atoms with van der Waals surface area (Å²) in [6.45, 7) is 13.0. The van der Waals surface area contributed by atoms with Crippen molar-refractivity contribution in [2.45, 2.75) is 46.4 Å². The predicted molar refractivity (Wildman–Crippen MR) is 100 cm³/mol. The number of hydrogen-bond acceptors (Lipinski definition) is 5. The van der Waals surface area contributed by atoms with Gasteiger partial charge >= 0.3 is 5.97 Å². The lowest BCUT2D eigenvalue weighted by Gasteiger charge is -2.49. The van der Waals surface area contributed by atoms with Gasteiger partial charge in [-0.3, -0.25) is 4.68 Å². The number of hydroxylamine groups is 1. The molecule has 1 heterocycles. The van der Waals surface area contributed by atoms with Gasteiger partial charge in [-0.25, -0.2) is 15.1 Å². The molecule has 0 spiro atoms. The molecular formula is C19H28N4O4. The van der Waals surface area contributed by atoms with Crippen molar-refractivity contribution in [3.63, 3.8) is 0 Å². The van der Waals surface area contributed by atoms with Crippen LogP contribution in [0.3, 0.4) is 0 Å². The van der Waals surface area contributed by atoms with E-state index in [-0.39, 0.29) is 23.1 Å². The average Bonchev–Trinajstić information content (AvgIpc) is 2.98. The molecule has 3 rings (SSSR count). The minimum Gasteiger partial charge on any atom is -0.477 e. The Labute approximate surface area is 161 Å². The minimum atomic E-state index is -0.996. The van der Waals surface area contributed by atoms with Crippen LogP contribution in [-0.2, 0) is 23.7 Å². The fraction of sp³-hybridized carbons (Fsp3) is 0.579. The summed E-state index contributed by atoms with van der Waals surface area (Å²) < 4.78 is 7.15. The van der Waals surface area contributed by atoms with E-state index < -0.39 is 16.8 Å². The molecule has 8 nitrogen and oxygen atoms in total. The number of carboxylic acid groups (broad SMARTS) is 1. The molecule has 0 bridgehead atoms. The van der Waals surface area contributed by atoms with E-state index in [1.807, 2.05) is 20.8 Å². The van der Waals surface area contributed by atoms with Gasteiger partial charge in [0, 0.05) is 31.9 Å². The Morgan fingerprint density at radius 1 is 1.52 bits per heavy atom. The first kappa shape index (κ1) is 20.8.